The molecular weight excluding hydrogens is 375 g/mol. The first-order valence-electron chi connectivity index (χ1n) is 7.99. The maximum Gasteiger partial charge on any atom is 0.253 e. The van der Waals surface area contributed by atoms with Crippen LogP contribution in [0.2, 0.25) is 0 Å². The number of hydrogen-bond acceptors (Lipinski definition) is 2. The van der Waals surface area contributed by atoms with Gasteiger partial charge in [-0.2, -0.15) is 0 Å². The Morgan fingerprint density at radius 2 is 1.86 bits per heavy atom. The first-order chi connectivity index (χ1) is 10.2. The fourth-order valence-corrected chi connectivity index (χ4v) is 4.00. The van der Waals surface area contributed by atoms with Crippen molar-refractivity contribution in [1.29, 1.82) is 0 Å². The van der Waals surface area contributed by atoms with Gasteiger partial charge < -0.3 is 9.80 Å². The van der Waals surface area contributed by atoms with Gasteiger partial charge in [0, 0.05) is 28.8 Å². The van der Waals surface area contributed by atoms with Crippen LogP contribution in [0, 0.1) is 9.49 Å². The lowest BCUT2D eigenvalue weighted by atomic mass is 9.95. The second-order valence-corrected chi connectivity index (χ2v) is 7.50. The third kappa shape index (κ3) is 3.97. The summed E-state index contributed by atoms with van der Waals surface area (Å²) in [4.78, 5) is 17.1. The summed E-state index contributed by atoms with van der Waals surface area (Å²) in [5.74, 6) is 0.983. The Morgan fingerprint density at radius 1 is 1.14 bits per heavy atom. The molecule has 0 N–H and O–H groups in total. The molecule has 114 valence electrons. The zero-order valence-electron chi connectivity index (χ0n) is 12.4. The SMILES string of the molecule is O=C(c1cccc(I)c1)N1CCC(CN2CCCC2)CC1. The molecule has 21 heavy (non-hydrogen) atoms. The molecule has 1 aromatic carbocycles. The zero-order chi connectivity index (χ0) is 14.7. The van der Waals surface area contributed by atoms with Gasteiger partial charge in [-0.1, -0.05) is 6.07 Å². The molecular formula is C17H23IN2O. The van der Waals surface area contributed by atoms with Crippen LogP contribution < -0.4 is 0 Å². The van der Waals surface area contributed by atoms with Crippen molar-refractivity contribution in [2.45, 2.75) is 25.7 Å². The Labute approximate surface area is 140 Å². The van der Waals surface area contributed by atoms with Gasteiger partial charge in [-0.25, -0.2) is 0 Å². The lowest BCUT2D eigenvalue weighted by Crippen LogP contribution is -2.41. The molecule has 2 fully saturated rings. The van der Waals surface area contributed by atoms with Crippen molar-refractivity contribution in [3.8, 4) is 0 Å². The van der Waals surface area contributed by atoms with Crippen molar-refractivity contribution in [2.24, 2.45) is 5.92 Å². The third-order valence-electron chi connectivity index (χ3n) is 4.69. The predicted molar refractivity (Wildman–Crippen MR) is 93.5 cm³/mol. The lowest BCUT2D eigenvalue weighted by Gasteiger charge is -2.34. The number of benzene rings is 1. The second-order valence-electron chi connectivity index (χ2n) is 6.25. The van der Waals surface area contributed by atoms with Crippen LogP contribution in [-0.2, 0) is 0 Å². The molecule has 3 nitrogen and oxygen atoms in total. The summed E-state index contributed by atoms with van der Waals surface area (Å²) in [7, 11) is 0. The highest BCUT2D eigenvalue weighted by Gasteiger charge is 2.25. The molecule has 0 spiro atoms. The third-order valence-corrected chi connectivity index (χ3v) is 5.36. The van der Waals surface area contributed by atoms with E-state index < -0.39 is 0 Å². The quantitative estimate of drug-likeness (QED) is 0.730. The average Bonchev–Trinajstić information content (AvgIpc) is 3.00. The summed E-state index contributed by atoms with van der Waals surface area (Å²) in [5.41, 5.74) is 0.833. The largest absolute Gasteiger partial charge is 0.339 e. The van der Waals surface area contributed by atoms with Gasteiger partial charge in [0.15, 0.2) is 0 Å². The van der Waals surface area contributed by atoms with Crippen molar-refractivity contribution in [2.75, 3.05) is 32.7 Å². The van der Waals surface area contributed by atoms with E-state index in [1.165, 1.54) is 32.5 Å². The molecule has 0 atom stereocenters. The Balaban J connectivity index is 1.52. The van der Waals surface area contributed by atoms with Crippen LogP contribution in [-0.4, -0.2) is 48.4 Å². The van der Waals surface area contributed by atoms with Gasteiger partial charge in [-0.05, 0) is 85.5 Å². The number of hydrogen-bond donors (Lipinski definition) is 0. The number of halogens is 1. The molecule has 0 bridgehead atoms. The van der Waals surface area contributed by atoms with Crippen LogP contribution in [0.25, 0.3) is 0 Å². The standard InChI is InChI=1S/C17H23IN2O/c18-16-5-3-4-15(12-16)17(21)20-10-6-14(7-11-20)13-19-8-1-2-9-19/h3-5,12,14H,1-2,6-11,13H2. The van der Waals surface area contributed by atoms with Crippen molar-refractivity contribution >= 4 is 28.5 Å². The van der Waals surface area contributed by atoms with Crippen molar-refractivity contribution in [3.63, 3.8) is 0 Å². The topological polar surface area (TPSA) is 23.6 Å². The summed E-state index contributed by atoms with van der Waals surface area (Å²) in [5, 5.41) is 0. The van der Waals surface area contributed by atoms with Gasteiger partial charge in [-0.15, -0.1) is 0 Å². The highest BCUT2D eigenvalue weighted by atomic mass is 127. The van der Waals surface area contributed by atoms with Gasteiger partial charge in [0.05, 0.1) is 0 Å². The van der Waals surface area contributed by atoms with Gasteiger partial charge in [0.25, 0.3) is 5.91 Å². The monoisotopic (exact) mass is 398 g/mol. The highest BCUT2D eigenvalue weighted by Crippen LogP contribution is 2.22. The van der Waals surface area contributed by atoms with Crippen molar-refractivity contribution in [3.05, 3.63) is 33.4 Å². The average molecular weight is 398 g/mol. The molecule has 4 heteroatoms. The molecule has 0 saturated carbocycles. The Bertz CT molecular complexity index is 491. The van der Waals surface area contributed by atoms with E-state index in [0.717, 1.165) is 41.0 Å². The fraction of sp³-hybridized carbons (Fsp3) is 0.588. The van der Waals surface area contributed by atoms with Crippen LogP contribution >= 0.6 is 22.6 Å². The van der Waals surface area contributed by atoms with E-state index in [1.807, 2.05) is 29.2 Å². The Kier molecular flexibility index (Phi) is 5.16. The minimum Gasteiger partial charge on any atom is -0.339 e. The summed E-state index contributed by atoms with van der Waals surface area (Å²) in [6, 6.07) is 7.91. The van der Waals surface area contributed by atoms with Crippen LogP contribution in [0.3, 0.4) is 0 Å². The molecule has 0 radical (unpaired) electrons. The highest BCUT2D eigenvalue weighted by molar-refractivity contribution is 14.1. The van der Waals surface area contributed by atoms with E-state index in [4.69, 9.17) is 0 Å². The molecule has 3 rings (SSSR count). The smallest absolute Gasteiger partial charge is 0.253 e. The molecule has 2 heterocycles. The second kappa shape index (κ2) is 7.09. The number of carbonyl (C=O) groups excluding carboxylic acids is 1. The van der Waals surface area contributed by atoms with E-state index in [-0.39, 0.29) is 5.91 Å². The van der Waals surface area contributed by atoms with Gasteiger partial charge in [0.1, 0.15) is 0 Å². The van der Waals surface area contributed by atoms with E-state index in [0.29, 0.717) is 0 Å². The number of carbonyl (C=O) groups is 1. The first kappa shape index (κ1) is 15.3. The van der Waals surface area contributed by atoms with E-state index in [9.17, 15) is 4.79 Å². The number of amides is 1. The van der Waals surface area contributed by atoms with Crippen LogP contribution in [0.1, 0.15) is 36.0 Å². The fourth-order valence-electron chi connectivity index (χ4n) is 3.45. The summed E-state index contributed by atoms with van der Waals surface area (Å²) in [6.07, 6.45) is 5.05. The van der Waals surface area contributed by atoms with Crippen LogP contribution in [0.5, 0.6) is 0 Å². The molecule has 2 aliphatic heterocycles. The Hall–Kier alpha value is -0.620. The summed E-state index contributed by atoms with van der Waals surface area (Å²) < 4.78 is 1.13. The van der Waals surface area contributed by atoms with Gasteiger partial charge >= 0.3 is 0 Å². The summed E-state index contributed by atoms with van der Waals surface area (Å²) >= 11 is 2.26. The van der Waals surface area contributed by atoms with E-state index >= 15 is 0 Å². The van der Waals surface area contributed by atoms with Gasteiger partial charge in [0.2, 0.25) is 0 Å². The number of nitrogens with zero attached hydrogens (tertiary/aromatic N) is 2. The molecule has 1 amide bonds. The predicted octanol–water partition coefficient (Wildman–Crippen LogP) is 3.24. The van der Waals surface area contributed by atoms with Crippen molar-refractivity contribution < 1.29 is 4.79 Å². The molecule has 2 saturated heterocycles. The lowest BCUT2D eigenvalue weighted by molar-refractivity contribution is 0.0673. The molecule has 0 unspecified atom stereocenters. The maximum absolute atomic E-state index is 12.5. The number of piperidine rings is 1. The summed E-state index contributed by atoms with van der Waals surface area (Å²) in [6.45, 7) is 5.64. The molecule has 0 aromatic heterocycles. The molecule has 1 aromatic rings. The van der Waals surface area contributed by atoms with E-state index in [1.54, 1.807) is 0 Å². The van der Waals surface area contributed by atoms with E-state index in [2.05, 4.69) is 27.5 Å². The number of rotatable bonds is 3. The van der Waals surface area contributed by atoms with Crippen molar-refractivity contribution in [1.82, 2.24) is 9.80 Å². The first-order valence-corrected chi connectivity index (χ1v) is 9.07. The normalized spacial score (nSPS) is 20.9. The van der Waals surface area contributed by atoms with Crippen LogP contribution in [0.4, 0.5) is 0 Å². The number of likely N-dealkylation sites (tertiary alicyclic amines) is 2. The minimum atomic E-state index is 0.202. The zero-order valence-corrected chi connectivity index (χ0v) is 14.6. The minimum absolute atomic E-state index is 0.202. The van der Waals surface area contributed by atoms with Gasteiger partial charge in [-0.3, -0.25) is 4.79 Å². The maximum atomic E-state index is 12.5. The van der Waals surface area contributed by atoms with Crippen LogP contribution in [0.15, 0.2) is 24.3 Å². The molecule has 2 aliphatic rings. The Morgan fingerprint density at radius 3 is 2.52 bits per heavy atom. The molecule has 0 aliphatic carbocycles.